The standard InChI is InChI=1S/C36H43N3O10S/c40-34(30(38-36(41)42)17-23-8-10-26(11-9-23)46-20-25-7-3-4-15-37-25)33(29-21-47-35-28(29)14-16-45-35)39(19-24-5-1-2-6-24)50(43,44)27-12-13-31-32(18-27)49-22-48-31/h3-4,7-13,15,18,24,28-30,33-35,38,40H,1-2,5-6,14,16-17,19-22H2,(H,41,42)/t28-,29+,30-,33?,34+,35+/m0/s1. The summed E-state index contributed by atoms with van der Waals surface area (Å²) in [4.78, 5) is 16.5. The lowest BCUT2D eigenvalue weighted by Crippen LogP contribution is -2.60. The summed E-state index contributed by atoms with van der Waals surface area (Å²) >= 11 is 0. The summed E-state index contributed by atoms with van der Waals surface area (Å²) in [5.74, 6) is 0.841. The molecule has 268 valence electrons. The van der Waals surface area contributed by atoms with Crippen LogP contribution in [0.4, 0.5) is 4.79 Å². The van der Waals surface area contributed by atoms with Crippen molar-refractivity contribution in [1.82, 2.24) is 14.6 Å². The summed E-state index contributed by atoms with van der Waals surface area (Å²) in [5, 5.41) is 24.9. The second-order valence-corrected chi connectivity index (χ2v) is 15.3. The SMILES string of the molecule is O=C(O)N[C@@H](Cc1ccc(OCc2ccccn2)cc1)[C@@H](O)C([C@@H]1CO[C@H]2OCC[C@H]21)N(CC1CCCC1)S(=O)(=O)c1ccc2c(c1)OCO2. The Bertz CT molecular complexity index is 1720. The number of ether oxygens (including phenoxy) is 5. The van der Waals surface area contributed by atoms with Crippen molar-refractivity contribution in [1.29, 1.82) is 0 Å². The molecule has 2 saturated heterocycles. The highest BCUT2D eigenvalue weighted by atomic mass is 32.2. The van der Waals surface area contributed by atoms with Crippen LogP contribution >= 0.6 is 0 Å². The first kappa shape index (κ1) is 34.5. The molecule has 7 rings (SSSR count). The molecule has 4 aliphatic rings. The van der Waals surface area contributed by atoms with Crippen LogP contribution in [-0.4, -0.2) is 85.0 Å². The fourth-order valence-corrected chi connectivity index (χ4v) is 9.53. The lowest BCUT2D eigenvalue weighted by atomic mass is 9.81. The predicted octanol–water partition coefficient (Wildman–Crippen LogP) is 4.19. The van der Waals surface area contributed by atoms with Gasteiger partial charge in [-0.15, -0.1) is 0 Å². The van der Waals surface area contributed by atoms with Crippen molar-refractivity contribution in [2.24, 2.45) is 17.8 Å². The summed E-state index contributed by atoms with van der Waals surface area (Å²) < 4.78 is 59.7. The van der Waals surface area contributed by atoms with Crippen LogP contribution in [0.3, 0.4) is 0 Å². The number of carboxylic acid groups (broad SMARTS) is 1. The van der Waals surface area contributed by atoms with Gasteiger partial charge in [-0.1, -0.05) is 31.0 Å². The van der Waals surface area contributed by atoms with Crippen LogP contribution in [0.25, 0.3) is 0 Å². The van der Waals surface area contributed by atoms with Gasteiger partial charge in [-0.3, -0.25) is 4.98 Å². The minimum absolute atomic E-state index is 0.00564. The minimum Gasteiger partial charge on any atom is -0.487 e. The molecule has 3 N–H and O–H groups in total. The number of carbonyl (C=O) groups is 1. The molecule has 1 unspecified atom stereocenters. The molecule has 4 heterocycles. The zero-order valence-corrected chi connectivity index (χ0v) is 28.5. The van der Waals surface area contributed by atoms with Crippen LogP contribution in [0.2, 0.25) is 0 Å². The lowest BCUT2D eigenvalue weighted by molar-refractivity contribution is -0.0907. The number of hydrogen-bond acceptors (Lipinski definition) is 10. The number of sulfonamides is 1. The lowest BCUT2D eigenvalue weighted by Gasteiger charge is -2.42. The third-order valence-electron chi connectivity index (χ3n) is 10.3. The molecule has 1 aliphatic carbocycles. The van der Waals surface area contributed by atoms with Gasteiger partial charge >= 0.3 is 6.09 Å². The van der Waals surface area contributed by atoms with Crippen LogP contribution < -0.4 is 19.5 Å². The molecule has 14 heteroatoms. The molecule has 1 amide bonds. The maximum atomic E-state index is 14.8. The first-order valence-corrected chi connectivity index (χ1v) is 18.6. The number of aliphatic hydroxyl groups is 1. The smallest absolute Gasteiger partial charge is 0.404 e. The van der Waals surface area contributed by atoms with Gasteiger partial charge in [-0.2, -0.15) is 4.31 Å². The number of aromatic nitrogens is 1. The Morgan fingerprint density at radius 2 is 1.82 bits per heavy atom. The summed E-state index contributed by atoms with van der Waals surface area (Å²) in [6, 6.07) is 15.2. The van der Waals surface area contributed by atoms with Crippen molar-refractivity contribution in [2.75, 3.05) is 26.6 Å². The van der Waals surface area contributed by atoms with Gasteiger partial charge in [0.1, 0.15) is 12.4 Å². The number of nitrogens with zero attached hydrogens (tertiary/aromatic N) is 2. The molecular formula is C36H43N3O10S. The highest BCUT2D eigenvalue weighted by molar-refractivity contribution is 7.89. The number of hydrogen-bond donors (Lipinski definition) is 3. The summed E-state index contributed by atoms with van der Waals surface area (Å²) in [5.41, 5.74) is 1.51. The van der Waals surface area contributed by atoms with Crippen molar-refractivity contribution >= 4 is 16.1 Å². The quantitative estimate of drug-likeness (QED) is 0.220. The number of fused-ring (bicyclic) bond motifs is 2. The fraction of sp³-hybridized carbons (Fsp3) is 0.500. The van der Waals surface area contributed by atoms with Crippen molar-refractivity contribution in [3.05, 3.63) is 78.1 Å². The van der Waals surface area contributed by atoms with E-state index in [1.807, 2.05) is 30.3 Å². The molecule has 13 nitrogen and oxygen atoms in total. The van der Waals surface area contributed by atoms with E-state index in [4.69, 9.17) is 23.7 Å². The van der Waals surface area contributed by atoms with Gasteiger partial charge in [-0.05, 0) is 73.6 Å². The van der Waals surface area contributed by atoms with Gasteiger partial charge in [0, 0.05) is 30.6 Å². The summed E-state index contributed by atoms with van der Waals surface area (Å²) in [6.45, 7) is 1.08. The molecular weight excluding hydrogens is 666 g/mol. The molecule has 0 radical (unpaired) electrons. The molecule has 3 fully saturated rings. The topological polar surface area (TPSA) is 166 Å². The first-order valence-electron chi connectivity index (χ1n) is 17.2. The van der Waals surface area contributed by atoms with E-state index in [0.717, 1.165) is 36.9 Å². The number of pyridine rings is 1. The van der Waals surface area contributed by atoms with Crippen molar-refractivity contribution < 1.29 is 47.1 Å². The zero-order chi connectivity index (χ0) is 34.7. The van der Waals surface area contributed by atoms with E-state index < -0.39 is 46.5 Å². The van der Waals surface area contributed by atoms with E-state index in [-0.39, 0.29) is 49.7 Å². The van der Waals surface area contributed by atoms with E-state index in [0.29, 0.717) is 30.3 Å². The summed E-state index contributed by atoms with van der Waals surface area (Å²) in [7, 11) is -4.25. The fourth-order valence-electron chi connectivity index (χ4n) is 7.76. The molecule has 0 spiro atoms. The normalized spacial score (nSPS) is 23.4. The van der Waals surface area contributed by atoms with Crippen LogP contribution in [-0.2, 0) is 32.5 Å². The van der Waals surface area contributed by atoms with Gasteiger partial charge in [0.15, 0.2) is 17.8 Å². The first-order chi connectivity index (χ1) is 24.3. The van der Waals surface area contributed by atoms with Gasteiger partial charge < -0.3 is 39.2 Å². The van der Waals surface area contributed by atoms with Crippen LogP contribution in [0.15, 0.2) is 71.8 Å². The maximum Gasteiger partial charge on any atom is 0.404 e. The molecule has 50 heavy (non-hydrogen) atoms. The maximum absolute atomic E-state index is 14.8. The predicted molar refractivity (Wildman–Crippen MR) is 179 cm³/mol. The van der Waals surface area contributed by atoms with E-state index in [1.165, 1.54) is 16.4 Å². The second-order valence-electron chi connectivity index (χ2n) is 13.4. The van der Waals surface area contributed by atoms with E-state index in [2.05, 4.69) is 10.3 Å². The molecule has 3 aromatic rings. The average Bonchev–Trinajstić information content (AvgIpc) is 3.94. The number of nitrogens with one attached hydrogen (secondary N) is 1. The number of aliphatic hydroxyl groups excluding tert-OH is 1. The Labute approximate surface area is 291 Å². The third kappa shape index (κ3) is 7.54. The Morgan fingerprint density at radius 1 is 1.02 bits per heavy atom. The van der Waals surface area contributed by atoms with E-state index >= 15 is 0 Å². The Balaban J connectivity index is 1.21. The van der Waals surface area contributed by atoms with Gasteiger partial charge in [0.2, 0.25) is 16.8 Å². The van der Waals surface area contributed by atoms with Gasteiger partial charge in [0.05, 0.1) is 42.0 Å². The molecule has 0 bridgehead atoms. The van der Waals surface area contributed by atoms with Crippen LogP contribution in [0.5, 0.6) is 17.2 Å². The van der Waals surface area contributed by atoms with Crippen molar-refractivity contribution in [2.45, 2.75) is 74.5 Å². The zero-order valence-electron chi connectivity index (χ0n) is 27.6. The Kier molecular flexibility index (Phi) is 10.4. The van der Waals surface area contributed by atoms with E-state index in [1.54, 1.807) is 24.4 Å². The average molecular weight is 710 g/mol. The minimum atomic E-state index is -4.25. The number of amides is 1. The highest BCUT2D eigenvalue weighted by Gasteiger charge is 2.52. The summed E-state index contributed by atoms with van der Waals surface area (Å²) in [6.07, 6.45) is 2.86. The monoisotopic (exact) mass is 709 g/mol. The van der Waals surface area contributed by atoms with Crippen LogP contribution in [0, 0.1) is 17.8 Å². The Hall–Kier alpha value is -3.95. The molecule has 3 aliphatic heterocycles. The number of benzene rings is 2. The molecule has 2 aromatic carbocycles. The Morgan fingerprint density at radius 3 is 2.58 bits per heavy atom. The van der Waals surface area contributed by atoms with Crippen LogP contribution in [0.1, 0.15) is 43.4 Å². The third-order valence-corrected chi connectivity index (χ3v) is 12.1. The molecule has 1 aromatic heterocycles. The number of rotatable bonds is 14. The molecule has 1 saturated carbocycles. The van der Waals surface area contributed by atoms with E-state index in [9.17, 15) is 23.4 Å². The highest BCUT2D eigenvalue weighted by Crippen LogP contribution is 2.43. The van der Waals surface area contributed by atoms with Gasteiger partial charge in [-0.25, -0.2) is 13.2 Å². The van der Waals surface area contributed by atoms with Crippen molar-refractivity contribution in [3.8, 4) is 17.2 Å². The largest absolute Gasteiger partial charge is 0.487 e. The molecule has 6 atom stereocenters. The van der Waals surface area contributed by atoms with Crippen molar-refractivity contribution in [3.63, 3.8) is 0 Å². The van der Waals surface area contributed by atoms with Gasteiger partial charge in [0.25, 0.3) is 0 Å². The second kappa shape index (κ2) is 15.1.